The molecule has 0 fully saturated rings. The van der Waals surface area contributed by atoms with E-state index < -0.39 is 11.9 Å². The van der Waals surface area contributed by atoms with Crippen molar-refractivity contribution in [2.24, 2.45) is 0 Å². The van der Waals surface area contributed by atoms with Crippen LogP contribution in [0.1, 0.15) is 37.1 Å². The van der Waals surface area contributed by atoms with E-state index in [1.807, 2.05) is 56.3 Å². The van der Waals surface area contributed by atoms with E-state index in [0.717, 1.165) is 24.3 Å². The molecular formula is C23H27FN4O2. The zero-order chi connectivity index (χ0) is 21.9. The van der Waals surface area contributed by atoms with Crippen molar-refractivity contribution >= 4 is 12.0 Å². The second kappa shape index (κ2) is 11.7. The number of nitrogens with one attached hydrogen (secondary N) is 1. The predicted molar refractivity (Wildman–Crippen MR) is 114 cm³/mol. The molecule has 0 radical (unpaired) electrons. The molecule has 1 N–H and O–H groups in total. The van der Waals surface area contributed by atoms with Crippen molar-refractivity contribution in [3.05, 3.63) is 65.2 Å². The molecule has 0 aliphatic carbocycles. The number of aromatic nitrogens is 1. The number of ether oxygens (including phenoxy) is 1. The number of nitriles is 1. The Morgan fingerprint density at radius 1 is 1.30 bits per heavy atom. The molecule has 0 aliphatic heterocycles. The molecule has 7 heteroatoms. The number of benzene rings is 1. The van der Waals surface area contributed by atoms with Crippen LogP contribution in [0.25, 0.3) is 6.08 Å². The fraction of sp³-hybridized carbons (Fsp3) is 0.348. The van der Waals surface area contributed by atoms with E-state index in [1.165, 1.54) is 24.3 Å². The Hall–Kier alpha value is -3.24. The van der Waals surface area contributed by atoms with E-state index in [4.69, 9.17) is 4.74 Å². The molecule has 30 heavy (non-hydrogen) atoms. The maximum absolute atomic E-state index is 13.3. The lowest BCUT2D eigenvalue weighted by Crippen LogP contribution is -2.29. The predicted octanol–water partition coefficient (Wildman–Crippen LogP) is 3.73. The highest BCUT2D eigenvalue weighted by atomic mass is 19.1. The minimum atomic E-state index is -0.668. The molecule has 0 saturated carbocycles. The highest BCUT2D eigenvalue weighted by Gasteiger charge is 2.17. The molecule has 2 aromatic rings. The van der Waals surface area contributed by atoms with Gasteiger partial charge in [0.1, 0.15) is 24.0 Å². The first-order valence-corrected chi connectivity index (χ1v) is 9.85. The van der Waals surface area contributed by atoms with Gasteiger partial charge in [0.05, 0.1) is 11.7 Å². The van der Waals surface area contributed by atoms with Crippen LogP contribution in [0.2, 0.25) is 0 Å². The summed E-state index contributed by atoms with van der Waals surface area (Å²) in [4.78, 5) is 18.4. The maximum atomic E-state index is 13.3. The third kappa shape index (κ3) is 7.30. The molecule has 1 unspecified atom stereocenters. The second-order valence-electron chi connectivity index (χ2n) is 7.09. The second-order valence-corrected chi connectivity index (χ2v) is 7.09. The van der Waals surface area contributed by atoms with Crippen LogP contribution in [-0.2, 0) is 4.79 Å². The molecule has 6 nitrogen and oxygen atoms in total. The minimum absolute atomic E-state index is 0.127. The number of likely N-dealkylation sites (N-methyl/N-ethyl adjacent to an activating group) is 1. The number of hydrogen-bond acceptors (Lipinski definition) is 5. The van der Waals surface area contributed by atoms with Gasteiger partial charge in [-0.25, -0.2) is 4.98 Å². The summed E-state index contributed by atoms with van der Waals surface area (Å²) in [6.45, 7) is 3.43. The average molecular weight is 410 g/mol. The third-order valence-corrected chi connectivity index (χ3v) is 4.37. The van der Waals surface area contributed by atoms with Crippen molar-refractivity contribution in [2.45, 2.75) is 25.8 Å². The van der Waals surface area contributed by atoms with Gasteiger partial charge in [-0.1, -0.05) is 31.5 Å². The van der Waals surface area contributed by atoms with Crippen molar-refractivity contribution in [1.82, 2.24) is 15.2 Å². The lowest BCUT2D eigenvalue weighted by molar-refractivity contribution is -0.117. The highest BCUT2D eigenvalue weighted by molar-refractivity contribution is 6.01. The quantitative estimate of drug-likeness (QED) is 0.367. The number of hydrogen-bond donors (Lipinski definition) is 1. The lowest BCUT2D eigenvalue weighted by Gasteiger charge is -2.19. The van der Waals surface area contributed by atoms with E-state index >= 15 is 0 Å². The minimum Gasteiger partial charge on any atom is -0.492 e. The summed E-state index contributed by atoms with van der Waals surface area (Å²) in [7, 11) is 3.97. The van der Waals surface area contributed by atoms with Crippen LogP contribution in [-0.4, -0.2) is 43.0 Å². The van der Waals surface area contributed by atoms with E-state index in [1.54, 1.807) is 0 Å². The smallest absolute Gasteiger partial charge is 0.262 e. The van der Waals surface area contributed by atoms with Crippen LogP contribution < -0.4 is 10.1 Å². The average Bonchev–Trinajstić information content (AvgIpc) is 2.72. The van der Waals surface area contributed by atoms with Gasteiger partial charge in [0.25, 0.3) is 5.91 Å². The Morgan fingerprint density at radius 2 is 2.03 bits per heavy atom. The number of pyridine rings is 1. The fourth-order valence-corrected chi connectivity index (χ4v) is 2.79. The summed E-state index contributed by atoms with van der Waals surface area (Å²) in [5.74, 6) is -0.427. The molecule has 0 spiro atoms. The molecule has 1 amide bonds. The summed E-state index contributed by atoms with van der Waals surface area (Å²) < 4.78 is 19.0. The van der Waals surface area contributed by atoms with E-state index in [-0.39, 0.29) is 17.3 Å². The van der Waals surface area contributed by atoms with Crippen molar-refractivity contribution in [1.29, 1.82) is 5.26 Å². The molecule has 1 heterocycles. The summed E-state index contributed by atoms with van der Waals surface area (Å²) >= 11 is 0. The Balaban J connectivity index is 2.10. The highest BCUT2D eigenvalue weighted by Crippen LogP contribution is 2.22. The number of amides is 1. The van der Waals surface area contributed by atoms with Gasteiger partial charge in [-0.15, -0.1) is 0 Å². The van der Waals surface area contributed by atoms with Gasteiger partial charge < -0.3 is 15.0 Å². The van der Waals surface area contributed by atoms with Crippen LogP contribution in [0, 0.1) is 17.3 Å². The zero-order valence-electron chi connectivity index (χ0n) is 17.6. The van der Waals surface area contributed by atoms with Crippen molar-refractivity contribution in [3.8, 4) is 11.8 Å². The van der Waals surface area contributed by atoms with Gasteiger partial charge in [-0.3, -0.25) is 4.79 Å². The van der Waals surface area contributed by atoms with Gasteiger partial charge >= 0.3 is 0 Å². The Morgan fingerprint density at radius 3 is 2.63 bits per heavy atom. The van der Waals surface area contributed by atoms with Crippen molar-refractivity contribution in [3.63, 3.8) is 0 Å². The Labute approximate surface area is 177 Å². The number of halogens is 1. The SMILES string of the molecule is CCCC(NC(=O)C(C#N)=Cc1cccc(F)n1)c1ccc(OCCN(C)C)cc1. The van der Waals surface area contributed by atoms with Gasteiger partial charge in [-0.05, 0) is 56.4 Å². The molecule has 158 valence electrons. The molecule has 2 rings (SSSR count). The lowest BCUT2D eigenvalue weighted by atomic mass is 10.0. The van der Waals surface area contributed by atoms with Crippen molar-refractivity contribution < 1.29 is 13.9 Å². The first-order chi connectivity index (χ1) is 14.4. The Kier molecular flexibility index (Phi) is 8.98. The standard InChI is InChI=1S/C23H27FN4O2/c1-4-6-21(17-9-11-20(12-10-17)30-14-13-28(2)3)27-23(29)18(16-25)15-19-7-5-8-22(24)26-19/h5,7-12,15,21H,4,6,13-14H2,1-3H3,(H,27,29). The number of carbonyl (C=O) groups excluding carboxylic acids is 1. The Bertz CT molecular complexity index is 904. The fourth-order valence-electron chi connectivity index (χ4n) is 2.79. The topological polar surface area (TPSA) is 78.2 Å². The summed E-state index contributed by atoms with van der Waals surface area (Å²) in [5.41, 5.74) is 1.01. The molecule has 1 aromatic carbocycles. The van der Waals surface area contributed by atoms with Gasteiger partial charge in [0.15, 0.2) is 0 Å². The summed E-state index contributed by atoms with van der Waals surface area (Å²) in [5, 5.41) is 12.3. The number of nitrogens with zero attached hydrogens (tertiary/aromatic N) is 3. The molecule has 0 aliphatic rings. The maximum Gasteiger partial charge on any atom is 0.262 e. The van der Waals surface area contributed by atoms with Crippen LogP contribution in [0.3, 0.4) is 0 Å². The normalized spacial score (nSPS) is 12.3. The van der Waals surface area contributed by atoms with Gasteiger partial charge in [-0.2, -0.15) is 9.65 Å². The number of carbonyl (C=O) groups is 1. The monoisotopic (exact) mass is 410 g/mol. The van der Waals surface area contributed by atoms with Gasteiger partial charge in [0.2, 0.25) is 5.95 Å². The molecule has 1 atom stereocenters. The van der Waals surface area contributed by atoms with Crippen LogP contribution in [0.5, 0.6) is 5.75 Å². The first-order valence-electron chi connectivity index (χ1n) is 9.85. The molecule has 0 bridgehead atoms. The summed E-state index contributed by atoms with van der Waals surface area (Å²) in [6.07, 6.45) is 2.84. The number of rotatable bonds is 10. The van der Waals surface area contributed by atoms with Crippen LogP contribution in [0.15, 0.2) is 48.0 Å². The molecule has 1 aromatic heterocycles. The molecular weight excluding hydrogens is 383 g/mol. The zero-order valence-corrected chi connectivity index (χ0v) is 17.6. The van der Waals surface area contributed by atoms with Crippen LogP contribution >= 0.6 is 0 Å². The van der Waals surface area contributed by atoms with Gasteiger partial charge in [0, 0.05) is 6.54 Å². The first kappa shape index (κ1) is 23.0. The largest absolute Gasteiger partial charge is 0.492 e. The van der Waals surface area contributed by atoms with Crippen molar-refractivity contribution in [2.75, 3.05) is 27.2 Å². The van der Waals surface area contributed by atoms with E-state index in [9.17, 15) is 14.4 Å². The third-order valence-electron chi connectivity index (χ3n) is 4.37. The molecule has 0 saturated heterocycles. The summed E-state index contributed by atoms with van der Waals surface area (Å²) in [6, 6.07) is 13.4. The van der Waals surface area contributed by atoms with Crippen LogP contribution in [0.4, 0.5) is 4.39 Å². The van der Waals surface area contributed by atoms with E-state index in [0.29, 0.717) is 13.0 Å². The van der Waals surface area contributed by atoms with E-state index in [2.05, 4.69) is 10.3 Å².